The topological polar surface area (TPSA) is 32.3 Å². The lowest BCUT2D eigenvalue weighted by molar-refractivity contribution is 0.465. The molecule has 0 bridgehead atoms. The van der Waals surface area contributed by atoms with Crippen LogP contribution in [0.3, 0.4) is 0 Å². The van der Waals surface area contributed by atoms with Gasteiger partial charge in [0, 0.05) is 10.0 Å². The molecule has 4 heteroatoms. The minimum absolute atomic E-state index is 0.0643. The minimum atomic E-state index is -0.294. The lowest BCUT2D eigenvalue weighted by Gasteiger charge is -2.17. The molecule has 1 aliphatic carbocycles. The van der Waals surface area contributed by atoms with Crippen molar-refractivity contribution in [3.63, 3.8) is 0 Å². The van der Waals surface area contributed by atoms with Crippen molar-refractivity contribution in [2.24, 2.45) is 0 Å². The van der Waals surface area contributed by atoms with E-state index in [0.29, 0.717) is 16.1 Å². The fourth-order valence-corrected chi connectivity index (χ4v) is 3.60. The number of phenols is 1. The molecule has 2 aromatic rings. The molecule has 0 amide bonds. The Morgan fingerprint density at radius 1 is 1.24 bits per heavy atom. The van der Waals surface area contributed by atoms with Gasteiger partial charge in [-0.2, -0.15) is 0 Å². The fraction of sp³-hybridized carbons (Fsp3) is 0.294. The molecule has 0 fully saturated rings. The average molecular weight is 350 g/mol. The van der Waals surface area contributed by atoms with Gasteiger partial charge in [0.05, 0.1) is 11.7 Å². The summed E-state index contributed by atoms with van der Waals surface area (Å²) < 4.78 is 14.7. The van der Waals surface area contributed by atoms with E-state index in [-0.39, 0.29) is 17.6 Å². The summed E-state index contributed by atoms with van der Waals surface area (Å²) in [5.41, 5.74) is 3.73. The van der Waals surface area contributed by atoms with Crippen LogP contribution in [-0.4, -0.2) is 5.11 Å². The first-order chi connectivity index (χ1) is 9.97. The highest BCUT2D eigenvalue weighted by Crippen LogP contribution is 2.47. The van der Waals surface area contributed by atoms with Crippen molar-refractivity contribution in [2.75, 3.05) is 5.32 Å². The predicted molar refractivity (Wildman–Crippen MR) is 86.3 cm³/mol. The van der Waals surface area contributed by atoms with Gasteiger partial charge in [-0.1, -0.05) is 28.9 Å². The first kappa shape index (κ1) is 14.4. The summed E-state index contributed by atoms with van der Waals surface area (Å²) in [4.78, 5) is 0. The first-order valence-electron chi connectivity index (χ1n) is 7.01. The Morgan fingerprint density at radius 2 is 2.00 bits per heavy atom. The number of anilines is 1. The Morgan fingerprint density at radius 3 is 2.71 bits per heavy atom. The van der Waals surface area contributed by atoms with E-state index in [1.807, 2.05) is 6.07 Å². The summed E-state index contributed by atoms with van der Waals surface area (Å²) in [6.45, 7) is 4.20. The SMILES string of the molecule is Cc1ccc(O)c2c1C(C)CC2Nc1ccc(Br)cc1F. The Kier molecular flexibility index (Phi) is 3.66. The molecule has 0 saturated heterocycles. The molecular weight excluding hydrogens is 333 g/mol. The first-order valence-corrected chi connectivity index (χ1v) is 7.80. The summed E-state index contributed by atoms with van der Waals surface area (Å²) in [5.74, 6) is 0.343. The highest BCUT2D eigenvalue weighted by Gasteiger charge is 2.32. The Labute approximate surface area is 132 Å². The van der Waals surface area contributed by atoms with Crippen molar-refractivity contribution in [3.8, 4) is 5.75 Å². The van der Waals surface area contributed by atoms with Crippen molar-refractivity contribution in [2.45, 2.75) is 32.2 Å². The predicted octanol–water partition coefficient (Wildman–Crippen LogP) is 5.26. The zero-order valence-electron chi connectivity index (χ0n) is 12.0. The number of rotatable bonds is 2. The molecule has 2 unspecified atom stereocenters. The molecule has 3 rings (SSSR count). The number of phenolic OH excluding ortho intramolecular Hbond substituents is 1. The van der Waals surface area contributed by atoms with Gasteiger partial charge < -0.3 is 10.4 Å². The van der Waals surface area contributed by atoms with Crippen molar-refractivity contribution in [1.82, 2.24) is 0 Å². The largest absolute Gasteiger partial charge is 0.508 e. The van der Waals surface area contributed by atoms with Gasteiger partial charge in [-0.25, -0.2) is 4.39 Å². The summed E-state index contributed by atoms with van der Waals surface area (Å²) in [5, 5.41) is 13.4. The second-order valence-corrected chi connectivity index (χ2v) is 6.60. The lowest BCUT2D eigenvalue weighted by Crippen LogP contribution is -2.09. The summed E-state index contributed by atoms with van der Waals surface area (Å²) in [7, 11) is 0. The Hall–Kier alpha value is -1.55. The third kappa shape index (κ3) is 2.53. The second kappa shape index (κ2) is 5.34. The normalized spacial score (nSPS) is 20.4. The van der Waals surface area contributed by atoms with E-state index in [0.717, 1.165) is 12.0 Å². The molecule has 21 heavy (non-hydrogen) atoms. The molecule has 0 radical (unpaired) electrons. The number of aromatic hydroxyl groups is 1. The van der Waals surface area contributed by atoms with Crippen LogP contribution in [0.4, 0.5) is 10.1 Å². The maximum atomic E-state index is 14.0. The monoisotopic (exact) mass is 349 g/mol. The summed E-state index contributed by atoms with van der Waals surface area (Å²) in [6, 6.07) is 8.56. The molecule has 2 atom stereocenters. The molecule has 2 aromatic carbocycles. The van der Waals surface area contributed by atoms with Crippen LogP contribution in [0.1, 0.15) is 42.0 Å². The molecular formula is C17H17BrFNO. The van der Waals surface area contributed by atoms with Gasteiger partial charge in [0.2, 0.25) is 0 Å². The van der Waals surface area contributed by atoms with Crippen molar-refractivity contribution in [1.29, 1.82) is 0 Å². The van der Waals surface area contributed by atoms with Gasteiger partial charge in [0.25, 0.3) is 0 Å². The number of halogens is 2. The van der Waals surface area contributed by atoms with Crippen LogP contribution in [0.5, 0.6) is 5.75 Å². The highest BCUT2D eigenvalue weighted by molar-refractivity contribution is 9.10. The number of hydrogen-bond acceptors (Lipinski definition) is 2. The van der Waals surface area contributed by atoms with Crippen molar-refractivity contribution in [3.05, 3.63) is 57.3 Å². The molecule has 0 saturated carbocycles. The van der Waals surface area contributed by atoms with Crippen LogP contribution in [0.2, 0.25) is 0 Å². The highest BCUT2D eigenvalue weighted by atomic mass is 79.9. The smallest absolute Gasteiger partial charge is 0.147 e. The number of fused-ring (bicyclic) bond motifs is 1. The third-order valence-electron chi connectivity index (χ3n) is 4.17. The van der Waals surface area contributed by atoms with Crippen molar-refractivity contribution < 1.29 is 9.50 Å². The Bertz CT molecular complexity index is 701. The van der Waals surface area contributed by atoms with Gasteiger partial charge in [-0.3, -0.25) is 0 Å². The molecule has 2 nitrogen and oxygen atoms in total. The van der Waals surface area contributed by atoms with Gasteiger partial charge >= 0.3 is 0 Å². The van der Waals surface area contributed by atoms with E-state index >= 15 is 0 Å². The van der Waals surface area contributed by atoms with E-state index in [1.165, 1.54) is 17.2 Å². The molecule has 0 spiro atoms. The molecule has 2 N–H and O–H groups in total. The van der Waals surface area contributed by atoms with Crippen LogP contribution in [0.15, 0.2) is 34.8 Å². The second-order valence-electron chi connectivity index (χ2n) is 5.69. The molecule has 0 aromatic heterocycles. The standard InChI is InChI=1S/C17H17BrFNO/c1-9-3-6-15(21)17-14(7-10(2)16(9)17)20-13-5-4-11(18)8-12(13)19/h3-6,8,10,14,20-21H,7H2,1-2H3. The molecule has 0 aliphatic heterocycles. The summed E-state index contributed by atoms with van der Waals surface area (Å²) in [6.07, 6.45) is 0.850. The van der Waals surface area contributed by atoms with Gasteiger partial charge in [-0.05, 0) is 54.7 Å². The van der Waals surface area contributed by atoms with Crippen LogP contribution in [0.25, 0.3) is 0 Å². The quantitative estimate of drug-likeness (QED) is 0.774. The molecule has 110 valence electrons. The zero-order valence-corrected chi connectivity index (χ0v) is 13.5. The summed E-state index contributed by atoms with van der Waals surface area (Å²) >= 11 is 3.26. The van der Waals surface area contributed by atoms with Gasteiger partial charge in [-0.15, -0.1) is 0 Å². The zero-order chi connectivity index (χ0) is 15.1. The minimum Gasteiger partial charge on any atom is -0.508 e. The third-order valence-corrected chi connectivity index (χ3v) is 4.67. The molecule has 0 heterocycles. The average Bonchev–Trinajstić information content (AvgIpc) is 2.75. The van der Waals surface area contributed by atoms with E-state index < -0.39 is 0 Å². The maximum Gasteiger partial charge on any atom is 0.147 e. The maximum absolute atomic E-state index is 14.0. The van der Waals surface area contributed by atoms with Gasteiger partial charge in [0.15, 0.2) is 0 Å². The van der Waals surface area contributed by atoms with Crippen LogP contribution in [0, 0.1) is 12.7 Å². The number of hydrogen-bond donors (Lipinski definition) is 2. The molecule has 1 aliphatic rings. The van der Waals surface area contributed by atoms with Crippen molar-refractivity contribution >= 4 is 21.6 Å². The number of nitrogens with one attached hydrogen (secondary N) is 1. The van der Waals surface area contributed by atoms with E-state index in [2.05, 4.69) is 35.1 Å². The van der Waals surface area contributed by atoms with Gasteiger partial charge in [0.1, 0.15) is 11.6 Å². The lowest BCUT2D eigenvalue weighted by atomic mass is 9.97. The van der Waals surface area contributed by atoms with Crippen LogP contribution >= 0.6 is 15.9 Å². The van der Waals surface area contributed by atoms with Crippen LogP contribution < -0.4 is 5.32 Å². The number of benzene rings is 2. The van der Waals surface area contributed by atoms with E-state index in [4.69, 9.17) is 0 Å². The number of aryl methyl sites for hydroxylation is 1. The van der Waals surface area contributed by atoms with E-state index in [9.17, 15) is 9.50 Å². The van der Waals surface area contributed by atoms with Crippen LogP contribution in [-0.2, 0) is 0 Å². The fourth-order valence-electron chi connectivity index (χ4n) is 3.27. The van der Waals surface area contributed by atoms with E-state index in [1.54, 1.807) is 18.2 Å². The Balaban J connectivity index is 1.98.